The summed E-state index contributed by atoms with van der Waals surface area (Å²) in [7, 11) is 0. The van der Waals surface area contributed by atoms with Gasteiger partial charge in [-0.05, 0) is 24.3 Å². The first-order chi connectivity index (χ1) is 13.7. The number of aromatic nitrogens is 2. The highest BCUT2D eigenvalue weighted by atomic mass is 35.5. The van der Waals surface area contributed by atoms with Crippen LogP contribution in [-0.2, 0) is 0 Å². The van der Waals surface area contributed by atoms with Gasteiger partial charge in [-0.1, -0.05) is 23.2 Å². The largest absolute Gasteiger partial charge is 0.455 e. The number of nitrogens with zero attached hydrogens (tertiary/aromatic N) is 3. The maximum absolute atomic E-state index is 12.9. The van der Waals surface area contributed by atoms with Gasteiger partial charge in [0.25, 0.3) is 11.6 Å². The summed E-state index contributed by atoms with van der Waals surface area (Å²) in [4.78, 5) is 22.8. The molecule has 0 saturated heterocycles. The number of rotatable bonds is 6. The zero-order valence-corrected chi connectivity index (χ0v) is 15.7. The molecule has 29 heavy (non-hydrogen) atoms. The third-order valence-electron chi connectivity index (χ3n) is 3.57. The normalized spacial score (nSPS) is 10.8. The van der Waals surface area contributed by atoms with Crippen molar-refractivity contribution in [3.8, 4) is 11.5 Å². The lowest BCUT2D eigenvalue weighted by Crippen LogP contribution is -2.18. The molecule has 0 aliphatic rings. The first-order valence-corrected chi connectivity index (χ1v) is 8.55. The molecular weight excluding hydrogens is 433 g/mol. The molecule has 0 radical (unpaired) electrons. The second-order valence-electron chi connectivity index (χ2n) is 5.54. The van der Waals surface area contributed by atoms with Gasteiger partial charge in [-0.3, -0.25) is 14.9 Å². The minimum absolute atomic E-state index is 0.0129. The topological polar surface area (TPSA) is 99.3 Å². The van der Waals surface area contributed by atoms with Crippen LogP contribution in [0.2, 0.25) is 10.0 Å². The lowest BCUT2D eigenvalue weighted by atomic mass is 10.2. The number of amides is 1. The van der Waals surface area contributed by atoms with E-state index in [0.717, 1.165) is 24.4 Å². The zero-order chi connectivity index (χ0) is 21.1. The Morgan fingerprint density at radius 3 is 2.62 bits per heavy atom. The smallest absolute Gasteiger partial charge is 0.333 e. The van der Waals surface area contributed by atoms with Crippen molar-refractivity contribution in [3.05, 3.63) is 74.5 Å². The Morgan fingerprint density at radius 1 is 1.21 bits per heavy atom. The maximum atomic E-state index is 12.9. The fourth-order valence-corrected chi connectivity index (χ4v) is 2.80. The molecule has 2 aromatic carbocycles. The van der Waals surface area contributed by atoms with Gasteiger partial charge in [-0.15, -0.1) is 0 Å². The first-order valence-electron chi connectivity index (χ1n) is 7.80. The van der Waals surface area contributed by atoms with E-state index < -0.39 is 28.8 Å². The number of alkyl halides is 2. The van der Waals surface area contributed by atoms with Crippen molar-refractivity contribution in [1.29, 1.82) is 0 Å². The molecule has 12 heteroatoms. The van der Waals surface area contributed by atoms with Crippen molar-refractivity contribution in [3.63, 3.8) is 0 Å². The fourth-order valence-electron chi connectivity index (χ4n) is 2.35. The highest BCUT2D eigenvalue weighted by Gasteiger charge is 2.20. The van der Waals surface area contributed by atoms with Crippen LogP contribution in [0.5, 0.6) is 11.5 Å². The minimum Gasteiger partial charge on any atom is -0.455 e. The molecule has 0 saturated carbocycles. The third kappa shape index (κ3) is 4.79. The second kappa shape index (κ2) is 8.41. The van der Waals surface area contributed by atoms with Crippen LogP contribution in [-0.4, -0.2) is 20.6 Å². The molecule has 0 bridgehead atoms. The molecule has 0 spiro atoms. The van der Waals surface area contributed by atoms with Crippen molar-refractivity contribution in [2.45, 2.75) is 6.55 Å². The average Bonchev–Trinajstić information content (AvgIpc) is 3.14. The van der Waals surface area contributed by atoms with E-state index in [0.29, 0.717) is 5.02 Å². The molecule has 3 rings (SSSR count). The van der Waals surface area contributed by atoms with Crippen molar-refractivity contribution < 1.29 is 23.2 Å². The number of non-ortho nitro benzene ring substituents is 1. The summed E-state index contributed by atoms with van der Waals surface area (Å²) in [5.41, 5.74) is -0.869. The average molecular weight is 443 g/mol. The number of halogens is 4. The maximum Gasteiger partial charge on any atom is 0.333 e. The number of nitro benzene ring substituents is 1. The minimum atomic E-state index is -3.03. The Balaban J connectivity index is 1.91. The van der Waals surface area contributed by atoms with Gasteiger partial charge >= 0.3 is 6.55 Å². The summed E-state index contributed by atoms with van der Waals surface area (Å²) >= 11 is 11.8. The van der Waals surface area contributed by atoms with Crippen molar-refractivity contribution in [2.24, 2.45) is 0 Å². The summed E-state index contributed by atoms with van der Waals surface area (Å²) in [5.74, 6) is -0.774. The van der Waals surface area contributed by atoms with E-state index >= 15 is 0 Å². The number of nitrogens with one attached hydrogen (secondary N) is 1. The predicted octanol–water partition coefficient (Wildman–Crippen LogP) is 5.54. The van der Waals surface area contributed by atoms with E-state index in [2.05, 4.69) is 10.4 Å². The first kappa shape index (κ1) is 20.5. The van der Waals surface area contributed by atoms with E-state index in [1.54, 1.807) is 0 Å². The molecule has 0 fully saturated rings. The number of hydrogen-bond donors (Lipinski definition) is 1. The van der Waals surface area contributed by atoms with Crippen LogP contribution in [0.3, 0.4) is 0 Å². The van der Waals surface area contributed by atoms with Crippen LogP contribution in [0.1, 0.15) is 17.0 Å². The SMILES string of the molecule is O=C(Nc1cc(Oc2ccc(Cl)cc2Cl)cc([N+](=O)[O-])c1)c1ccnn1C(F)F. The Labute approximate surface area is 171 Å². The zero-order valence-electron chi connectivity index (χ0n) is 14.2. The van der Waals surface area contributed by atoms with Crippen molar-refractivity contribution in [1.82, 2.24) is 9.78 Å². The molecule has 0 aliphatic heterocycles. The summed E-state index contributed by atoms with van der Waals surface area (Å²) < 4.78 is 31.5. The monoisotopic (exact) mass is 442 g/mol. The number of carbonyl (C=O) groups excluding carboxylic acids is 1. The van der Waals surface area contributed by atoms with E-state index in [4.69, 9.17) is 27.9 Å². The van der Waals surface area contributed by atoms with Gasteiger partial charge in [0.1, 0.15) is 17.2 Å². The molecule has 150 valence electrons. The van der Waals surface area contributed by atoms with Gasteiger partial charge in [-0.2, -0.15) is 18.6 Å². The van der Waals surface area contributed by atoms with Crippen LogP contribution in [0, 0.1) is 10.1 Å². The number of hydrogen-bond acceptors (Lipinski definition) is 5. The van der Waals surface area contributed by atoms with Crippen LogP contribution in [0.25, 0.3) is 0 Å². The van der Waals surface area contributed by atoms with Crippen LogP contribution in [0.15, 0.2) is 48.7 Å². The van der Waals surface area contributed by atoms with Crippen LogP contribution >= 0.6 is 23.2 Å². The highest BCUT2D eigenvalue weighted by Crippen LogP contribution is 2.34. The Bertz CT molecular complexity index is 1090. The van der Waals surface area contributed by atoms with Gasteiger partial charge in [0.15, 0.2) is 0 Å². The number of anilines is 1. The number of benzene rings is 2. The Kier molecular flexibility index (Phi) is 5.95. The third-order valence-corrected chi connectivity index (χ3v) is 4.10. The molecule has 8 nitrogen and oxygen atoms in total. The molecule has 1 N–H and O–H groups in total. The molecule has 0 aliphatic carbocycles. The standard InChI is InChI=1S/C17H10Cl2F2N4O4/c18-9-1-2-15(13(19)5-9)29-12-7-10(6-11(8-12)25(27)28)23-16(26)14-3-4-22-24(14)17(20)21/h1-8,17H,(H,23,26). The molecule has 1 aromatic heterocycles. The lowest BCUT2D eigenvalue weighted by Gasteiger charge is -2.11. The lowest BCUT2D eigenvalue weighted by molar-refractivity contribution is -0.384. The summed E-state index contributed by atoms with van der Waals surface area (Å²) in [6.45, 7) is -3.03. The van der Waals surface area contributed by atoms with Gasteiger partial charge in [0.05, 0.1) is 21.7 Å². The van der Waals surface area contributed by atoms with Crippen LogP contribution in [0.4, 0.5) is 20.2 Å². The van der Waals surface area contributed by atoms with Gasteiger partial charge < -0.3 is 10.1 Å². The van der Waals surface area contributed by atoms with E-state index in [9.17, 15) is 23.7 Å². The Morgan fingerprint density at radius 2 is 1.97 bits per heavy atom. The number of nitro groups is 1. The molecular formula is C17H10Cl2F2N4O4. The fraction of sp³-hybridized carbons (Fsp3) is 0.0588. The number of carbonyl (C=O) groups is 1. The summed E-state index contributed by atoms with van der Waals surface area (Å²) in [6, 6.07) is 8.92. The predicted molar refractivity (Wildman–Crippen MR) is 101 cm³/mol. The molecule has 1 heterocycles. The van der Waals surface area contributed by atoms with Crippen LogP contribution < -0.4 is 10.1 Å². The highest BCUT2D eigenvalue weighted by molar-refractivity contribution is 6.35. The van der Waals surface area contributed by atoms with Gasteiger partial charge in [0, 0.05) is 23.4 Å². The van der Waals surface area contributed by atoms with Crippen molar-refractivity contribution >= 4 is 40.5 Å². The number of ether oxygens (including phenoxy) is 1. The molecule has 3 aromatic rings. The molecule has 0 unspecified atom stereocenters. The van der Waals surface area contributed by atoms with E-state index in [1.807, 2.05) is 0 Å². The second-order valence-corrected chi connectivity index (χ2v) is 6.39. The van der Waals surface area contributed by atoms with Crippen molar-refractivity contribution in [2.75, 3.05) is 5.32 Å². The van der Waals surface area contributed by atoms with Gasteiger partial charge in [-0.25, -0.2) is 0 Å². The van der Waals surface area contributed by atoms with E-state index in [1.165, 1.54) is 24.3 Å². The summed E-state index contributed by atoms with van der Waals surface area (Å²) in [5, 5.41) is 17.4. The summed E-state index contributed by atoms with van der Waals surface area (Å²) in [6.07, 6.45) is 1.03. The molecule has 1 amide bonds. The molecule has 0 atom stereocenters. The van der Waals surface area contributed by atoms with Gasteiger partial charge in [0.2, 0.25) is 0 Å². The quantitative estimate of drug-likeness (QED) is 0.399. The Hall–Kier alpha value is -3.24. The van der Waals surface area contributed by atoms with E-state index in [-0.39, 0.29) is 26.9 Å².